The van der Waals surface area contributed by atoms with Crippen LogP contribution in [-0.2, 0) is 32.6 Å². The first-order chi connectivity index (χ1) is 22.3. The van der Waals surface area contributed by atoms with Gasteiger partial charge in [0.25, 0.3) is 10.0 Å². The van der Waals surface area contributed by atoms with Crippen molar-refractivity contribution in [2.75, 3.05) is 18.0 Å². The van der Waals surface area contributed by atoms with Crippen molar-refractivity contribution in [3.05, 3.63) is 123 Å². The van der Waals surface area contributed by atoms with Crippen LogP contribution in [0.1, 0.15) is 30.5 Å². The molecule has 2 amide bonds. The van der Waals surface area contributed by atoms with Crippen LogP contribution < -0.4 is 14.4 Å². The van der Waals surface area contributed by atoms with E-state index in [0.29, 0.717) is 15.6 Å². The van der Waals surface area contributed by atoms with Gasteiger partial charge in [-0.3, -0.25) is 13.9 Å². The maximum Gasteiger partial charge on any atom is 0.264 e. The van der Waals surface area contributed by atoms with Gasteiger partial charge in [0.1, 0.15) is 18.3 Å². The number of hydrogen-bond donors (Lipinski definition) is 1. The van der Waals surface area contributed by atoms with Gasteiger partial charge in [-0.25, -0.2) is 8.42 Å². The van der Waals surface area contributed by atoms with E-state index in [4.69, 9.17) is 39.5 Å². The Labute approximate surface area is 291 Å². The highest BCUT2D eigenvalue weighted by Gasteiger charge is 2.36. The van der Waals surface area contributed by atoms with Gasteiger partial charge in [-0.1, -0.05) is 88.9 Å². The van der Waals surface area contributed by atoms with E-state index in [1.807, 2.05) is 51.1 Å². The number of aryl methyl sites for hydroxylation is 1. The highest BCUT2D eigenvalue weighted by molar-refractivity contribution is 7.92. The van der Waals surface area contributed by atoms with Gasteiger partial charge in [-0.2, -0.15) is 0 Å². The average molecular weight is 717 g/mol. The Kier molecular flexibility index (Phi) is 12.2. The van der Waals surface area contributed by atoms with E-state index in [9.17, 15) is 18.0 Å². The summed E-state index contributed by atoms with van der Waals surface area (Å²) >= 11 is 19.5. The molecule has 0 bridgehead atoms. The van der Waals surface area contributed by atoms with Crippen LogP contribution in [0.3, 0.4) is 0 Å². The summed E-state index contributed by atoms with van der Waals surface area (Å²) in [6.45, 7) is 4.59. The normalized spacial score (nSPS) is 12.0. The fourth-order valence-electron chi connectivity index (χ4n) is 5.00. The molecule has 0 aromatic heterocycles. The monoisotopic (exact) mass is 715 g/mol. The van der Waals surface area contributed by atoms with Crippen molar-refractivity contribution < 1.29 is 22.7 Å². The Bertz CT molecular complexity index is 1800. The molecule has 4 aromatic carbocycles. The summed E-state index contributed by atoms with van der Waals surface area (Å²) in [6.07, 6.45) is 0.137. The van der Waals surface area contributed by atoms with E-state index in [1.165, 1.54) is 36.3 Å². The van der Waals surface area contributed by atoms with Gasteiger partial charge in [-0.15, -0.1) is 0 Å². The molecule has 0 saturated heterocycles. The molecule has 248 valence electrons. The Hall–Kier alpha value is -3.76. The molecule has 0 aliphatic heterocycles. The topological polar surface area (TPSA) is 96.0 Å². The maximum absolute atomic E-state index is 14.7. The number of benzene rings is 4. The SMILES string of the molecule is COc1ccc(Cl)cc1N(CC(=O)N(Cc1c(Cl)cccc1Cl)[C@@H](Cc1ccccc1)C(=O)NC(C)C)S(=O)(=O)c1ccc(C)cc1. The zero-order valence-electron chi connectivity index (χ0n) is 26.4. The number of ether oxygens (including phenoxy) is 1. The number of hydrogen-bond acceptors (Lipinski definition) is 5. The second kappa shape index (κ2) is 15.9. The molecule has 4 rings (SSSR count). The summed E-state index contributed by atoms with van der Waals surface area (Å²) in [5, 5.41) is 3.73. The largest absolute Gasteiger partial charge is 0.495 e. The Morgan fingerprint density at radius 2 is 1.51 bits per heavy atom. The van der Waals surface area contributed by atoms with Crippen molar-refractivity contribution in [2.24, 2.45) is 0 Å². The third-order valence-electron chi connectivity index (χ3n) is 7.39. The molecule has 0 unspecified atom stereocenters. The Morgan fingerprint density at radius 3 is 2.11 bits per heavy atom. The van der Waals surface area contributed by atoms with Crippen LogP contribution in [0.15, 0.2) is 95.9 Å². The first kappa shape index (κ1) is 36.1. The lowest BCUT2D eigenvalue weighted by molar-refractivity contribution is -0.140. The van der Waals surface area contributed by atoms with Crippen LogP contribution in [0.4, 0.5) is 5.69 Å². The zero-order chi connectivity index (χ0) is 34.3. The Balaban J connectivity index is 1.89. The third kappa shape index (κ3) is 8.99. The van der Waals surface area contributed by atoms with Gasteiger partial charge >= 0.3 is 0 Å². The summed E-state index contributed by atoms with van der Waals surface area (Å²) in [4.78, 5) is 29.8. The smallest absolute Gasteiger partial charge is 0.264 e. The second-order valence-electron chi connectivity index (χ2n) is 11.2. The molecule has 0 spiro atoms. The highest BCUT2D eigenvalue weighted by Crippen LogP contribution is 2.35. The van der Waals surface area contributed by atoms with Crippen LogP contribution in [0.25, 0.3) is 0 Å². The number of nitrogens with one attached hydrogen (secondary N) is 1. The van der Waals surface area contributed by atoms with Crippen LogP contribution in [0.2, 0.25) is 15.1 Å². The van der Waals surface area contributed by atoms with E-state index in [1.54, 1.807) is 36.4 Å². The molecule has 0 aliphatic carbocycles. The summed E-state index contributed by atoms with van der Waals surface area (Å²) < 4.78 is 35.1. The first-order valence-electron chi connectivity index (χ1n) is 14.8. The number of carbonyl (C=O) groups is 2. The lowest BCUT2D eigenvalue weighted by Crippen LogP contribution is -2.54. The minimum Gasteiger partial charge on any atom is -0.495 e. The molecule has 0 saturated carbocycles. The number of rotatable bonds is 13. The van der Waals surface area contributed by atoms with Crippen molar-refractivity contribution in [3.63, 3.8) is 0 Å². The van der Waals surface area contributed by atoms with Gasteiger partial charge in [-0.05, 0) is 68.8 Å². The van der Waals surface area contributed by atoms with Crippen molar-refractivity contribution >= 4 is 62.3 Å². The number of nitrogens with zero attached hydrogens (tertiary/aromatic N) is 2. The summed E-state index contributed by atoms with van der Waals surface area (Å²) in [5.74, 6) is -0.927. The molecular formula is C35H36Cl3N3O5S. The van der Waals surface area contributed by atoms with E-state index in [0.717, 1.165) is 15.4 Å². The van der Waals surface area contributed by atoms with Gasteiger partial charge in [0, 0.05) is 39.6 Å². The number of sulfonamides is 1. The van der Waals surface area contributed by atoms with Gasteiger partial charge in [0.05, 0.1) is 17.7 Å². The molecule has 1 N–H and O–H groups in total. The molecular weight excluding hydrogens is 681 g/mol. The number of methoxy groups -OCH3 is 1. The van der Waals surface area contributed by atoms with E-state index >= 15 is 0 Å². The fourth-order valence-corrected chi connectivity index (χ4v) is 7.10. The first-order valence-corrected chi connectivity index (χ1v) is 17.4. The van der Waals surface area contributed by atoms with E-state index in [-0.39, 0.29) is 40.4 Å². The van der Waals surface area contributed by atoms with Gasteiger partial charge < -0.3 is 15.0 Å². The van der Waals surface area contributed by atoms with Gasteiger partial charge in [0.15, 0.2) is 0 Å². The van der Waals surface area contributed by atoms with Gasteiger partial charge in [0.2, 0.25) is 11.8 Å². The predicted molar refractivity (Wildman–Crippen MR) is 188 cm³/mol. The summed E-state index contributed by atoms with van der Waals surface area (Å²) in [7, 11) is -2.98. The van der Waals surface area contributed by atoms with Crippen LogP contribution in [-0.4, -0.2) is 50.9 Å². The zero-order valence-corrected chi connectivity index (χ0v) is 29.5. The number of carbonyl (C=O) groups excluding carboxylic acids is 2. The number of amides is 2. The molecule has 0 fully saturated rings. The molecule has 0 heterocycles. The third-order valence-corrected chi connectivity index (χ3v) is 10.1. The maximum atomic E-state index is 14.7. The lowest BCUT2D eigenvalue weighted by Gasteiger charge is -2.34. The fraction of sp³-hybridized carbons (Fsp3) is 0.257. The molecule has 12 heteroatoms. The molecule has 8 nitrogen and oxygen atoms in total. The Morgan fingerprint density at radius 1 is 0.872 bits per heavy atom. The number of halogens is 3. The molecule has 0 aliphatic rings. The molecule has 4 aromatic rings. The highest BCUT2D eigenvalue weighted by atomic mass is 35.5. The van der Waals surface area contributed by atoms with Crippen molar-refractivity contribution in [1.82, 2.24) is 10.2 Å². The van der Waals surface area contributed by atoms with E-state index in [2.05, 4.69) is 5.32 Å². The van der Waals surface area contributed by atoms with Crippen molar-refractivity contribution in [1.29, 1.82) is 0 Å². The quantitative estimate of drug-likeness (QED) is 0.157. The molecule has 1 atom stereocenters. The van der Waals surface area contributed by atoms with E-state index < -0.39 is 34.4 Å². The number of anilines is 1. The second-order valence-corrected chi connectivity index (χ2v) is 14.3. The van der Waals surface area contributed by atoms with Crippen molar-refractivity contribution in [3.8, 4) is 5.75 Å². The molecule has 47 heavy (non-hydrogen) atoms. The lowest BCUT2D eigenvalue weighted by atomic mass is 10.0. The van der Waals surface area contributed by atoms with Crippen LogP contribution in [0, 0.1) is 6.92 Å². The van der Waals surface area contributed by atoms with Crippen LogP contribution >= 0.6 is 34.8 Å². The minimum absolute atomic E-state index is 0.0444. The van der Waals surface area contributed by atoms with Crippen LogP contribution in [0.5, 0.6) is 5.75 Å². The molecule has 0 radical (unpaired) electrons. The standard InChI is InChI=1S/C35H36Cl3N3O5S/c1-23(2)39-35(43)32(19-25-9-6-5-7-10-25)40(21-28-29(37)11-8-12-30(28)38)34(42)22-41(31-20-26(36)15-18-33(31)46-4)47(44,45)27-16-13-24(3)14-17-27/h5-18,20,23,32H,19,21-22H2,1-4H3,(H,39,43)/t32-/m0/s1. The average Bonchev–Trinajstić information content (AvgIpc) is 3.03. The minimum atomic E-state index is -4.37. The van der Waals surface area contributed by atoms with Crippen molar-refractivity contribution in [2.45, 2.75) is 50.7 Å². The predicted octanol–water partition coefficient (Wildman–Crippen LogP) is 7.32. The summed E-state index contributed by atoms with van der Waals surface area (Å²) in [6, 6.07) is 23.6. The summed E-state index contributed by atoms with van der Waals surface area (Å²) in [5.41, 5.74) is 2.11.